The maximum Gasteiger partial charge on any atom is 0.501 e. The first-order valence-electron chi connectivity index (χ1n) is 4.86. The molecular formula is C8H7F6NO4S2. The van der Waals surface area contributed by atoms with Gasteiger partial charge in [0.15, 0.2) is 4.87 Å². The Kier molecular flexibility index (Phi) is 4.03. The molecule has 0 aromatic carbocycles. The number of hydrogen-bond donors (Lipinski definition) is 1. The minimum Gasteiger partial charge on any atom is -0.309 e. The van der Waals surface area contributed by atoms with Gasteiger partial charge >= 0.3 is 11.0 Å². The summed E-state index contributed by atoms with van der Waals surface area (Å²) in [5.41, 5.74) is -6.65. The molecular weight excluding hydrogens is 352 g/mol. The third-order valence-electron chi connectivity index (χ3n) is 2.57. The standard InChI is InChI=1S/C8H7F6NO4S2/c9-7(10,11)20(16,17)5-2-1-3-6(15,4-5)21(18,19)8(12,13)14/h1-3H,4,15H2. The van der Waals surface area contributed by atoms with E-state index in [1.807, 2.05) is 0 Å². The van der Waals surface area contributed by atoms with Crippen LogP contribution in [0.5, 0.6) is 0 Å². The van der Waals surface area contributed by atoms with Crippen LogP contribution in [0, 0.1) is 0 Å². The van der Waals surface area contributed by atoms with Crippen molar-refractivity contribution in [3.8, 4) is 0 Å². The highest BCUT2D eigenvalue weighted by molar-refractivity contribution is 7.96. The Bertz CT molecular complexity index is 700. The molecule has 1 unspecified atom stereocenters. The van der Waals surface area contributed by atoms with Crippen molar-refractivity contribution in [2.24, 2.45) is 5.73 Å². The number of nitrogens with two attached hydrogens (primary N) is 1. The van der Waals surface area contributed by atoms with E-state index in [2.05, 4.69) is 0 Å². The van der Waals surface area contributed by atoms with Crippen LogP contribution in [-0.2, 0) is 19.7 Å². The third-order valence-corrected chi connectivity index (χ3v) is 6.04. The molecule has 0 radical (unpaired) electrons. The summed E-state index contributed by atoms with van der Waals surface area (Å²) in [6.45, 7) is 0. The largest absolute Gasteiger partial charge is 0.501 e. The van der Waals surface area contributed by atoms with Crippen LogP contribution < -0.4 is 5.73 Å². The normalized spacial score (nSPS) is 24.8. The topological polar surface area (TPSA) is 94.3 Å². The molecule has 1 atom stereocenters. The summed E-state index contributed by atoms with van der Waals surface area (Å²) in [6.07, 6.45) is -0.621. The zero-order chi connectivity index (χ0) is 16.9. The van der Waals surface area contributed by atoms with E-state index in [0.29, 0.717) is 12.2 Å². The highest BCUT2D eigenvalue weighted by Crippen LogP contribution is 2.41. The molecule has 0 fully saturated rings. The van der Waals surface area contributed by atoms with E-state index in [-0.39, 0.29) is 6.08 Å². The molecule has 5 nitrogen and oxygen atoms in total. The number of alkyl halides is 6. The van der Waals surface area contributed by atoms with Gasteiger partial charge in [-0.25, -0.2) is 16.8 Å². The van der Waals surface area contributed by atoms with Gasteiger partial charge in [-0.15, -0.1) is 0 Å². The molecule has 13 heteroatoms. The SMILES string of the molecule is NC1(S(=O)(=O)C(F)(F)F)C=CC=C(S(=O)(=O)C(F)(F)F)C1. The van der Waals surface area contributed by atoms with Crippen molar-refractivity contribution in [2.45, 2.75) is 22.3 Å². The summed E-state index contributed by atoms with van der Waals surface area (Å²) >= 11 is 0. The monoisotopic (exact) mass is 359 g/mol. The fraction of sp³-hybridized carbons (Fsp3) is 0.500. The molecule has 0 spiro atoms. The van der Waals surface area contributed by atoms with Crippen molar-refractivity contribution < 1.29 is 43.2 Å². The van der Waals surface area contributed by atoms with Crippen molar-refractivity contribution in [1.82, 2.24) is 0 Å². The van der Waals surface area contributed by atoms with Crippen molar-refractivity contribution >= 4 is 19.7 Å². The van der Waals surface area contributed by atoms with Gasteiger partial charge in [-0.2, -0.15) is 26.3 Å². The lowest BCUT2D eigenvalue weighted by Crippen LogP contribution is -2.53. The van der Waals surface area contributed by atoms with Gasteiger partial charge in [0.2, 0.25) is 0 Å². The minimum absolute atomic E-state index is 0.283. The molecule has 21 heavy (non-hydrogen) atoms. The summed E-state index contributed by atoms with van der Waals surface area (Å²) < 4.78 is 119. The Morgan fingerprint density at radius 3 is 1.86 bits per heavy atom. The number of halogens is 6. The van der Waals surface area contributed by atoms with Gasteiger partial charge in [0.05, 0.1) is 4.91 Å². The average molecular weight is 359 g/mol. The molecule has 2 N–H and O–H groups in total. The van der Waals surface area contributed by atoms with E-state index < -0.39 is 46.9 Å². The maximum atomic E-state index is 12.4. The summed E-state index contributed by atoms with van der Waals surface area (Å²) in [5.74, 6) is 0. The Hall–Kier alpha value is -1.08. The lowest BCUT2D eigenvalue weighted by molar-refractivity contribution is -0.0453. The van der Waals surface area contributed by atoms with Crippen LogP contribution in [0.4, 0.5) is 26.3 Å². The van der Waals surface area contributed by atoms with E-state index in [9.17, 15) is 43.2 Å². The summed E-state index contributed by atoms with van der Waals surface area (Å²) in [6, 6.07) is 0. The van der Waals surface area contributed by atoms with E-state index in [0.717, 1.165) is 0 Å². The lowest BCUT2D eigenvalue weighted by atomic mass is 10.1. The number of hydrogen-bond acceptors (Lipinski definition) is 5. The predicted octanol–water partition coefficient (Wildman–Crippen LogP) is 1.35. The van der Waals surface area contributed by atoms with E-state index in [1.54, 1.807) is 0 Å². The second-order valence-corrected chi connectivity index (χ2v) is 8.25. The number of sulfone groups is 2. The molecule has 0 aromatic rings. The van der Waals surface area contributed by atoms with Gasteiger partial charge in [0, 0.05) is 6.42 Å². The molecule has 0 aromatic heterocycles. The van der Waals surface area contributed by atoms with E-state index in [1.165, 1.54) is 0 Å². The highest BCUT2D eigenvalue weighted by Gasteiger charge is 2.59. The molecule has 1 aliphatic carbocycles. The molecule has 0 bridgehead atoms. The maximum absolute atomic E-state index is 12.4. The fourth-order valence-electron chi connectivity index (χ4n) is 1.44. The fourth-order valence-corrected chi connectivity index (χ4v) is 3.55. The quantitative estimate of drug-likeness (QED) is 0.751. The molecule has 122 valence electrons. The summed E-state index contributed by atoms with van der Waals surface area (Å²) in [5, 5.41) is 0. The van der Waals surface area contributed by atoms with Crippen molar-refractivity contribution in [3.63, 3.8) is 0 Å². The average Bonchev–Trinajstić information content (AvgIpc) is 2.25. The Morgan fingerprint density at radius 2 is 1.48 bits per heavy atom. The zero-order valence-electron chi connectivity index (χ0n) is 9.73. The first kappa shape index (κ1) is 18.0. The second kappa shape index (κ2) is 4.71. The Labute approximate surface area is 114 Å². The zero-order valence-corrected chi connectivity index (χ0v) is 11.4. The summed E-state index contributed by atoms with van der Waals surface area (Å²) in [7, 11) is -12.1. The van der Waals surface area contributed by atoms with Crippen molar-refractivity contribution in [1.29, 1.82) is 0 Å². The minimum atomic E-state index is -6.12. The van der Waals surface area contributed by atoms with Gasteiger partial charge in [0.1, 0.15) is 0 Å². The lowest BCUT2D eigenvalue weighted by Gasteiger charge is -2.29. The van der Waals surface area contributed by atoms with Crippen LogP contribution in [0.15, 0.2) is 23.1 Å². The van der Waals surface area contributed by atoms with Gasteiger partial charge in [0.25, 0.3) is 19.7 Å². The van der Waals surface area contributed by atoms with E-state index >= 15 is 0 Å². The molecule has 1 aliphatic rings. The van der Waals surface area contributed by atoms with Gasteiger partial charge < -0.3 is 5.73 Å². The van der Waals surface area contributed by atoms with Crippen LogP contribution in [0.1, 0.15) is 6.42 Å². The van der Waals surface area contributed by atoms with E-state index in [4.69, 9.17) is 5.73 Å². The second-order valence-electron chi connectivity index (χ2n) is 4.02. The Morgan fingerprint density at radius 1 is 1.00 bits per heavy atom. The Balaban J connectivity index is 3.37. The molecule has 0 saturated heterocycles. The van der Waals surface area contributed by atoms with Crippen molar-refractivity contribution in [2.75, 3.05) is 0 Å². The first-order chi connectivity index (χ1) is 9.06. The van der Waals surface area contributed by atoms with Gasteiger partial charge in [-0.05, 0) is 12.2 Å². The number of allylic oxidation sites excluding steroid dienone is 2. The molecule has 0 saturated carbocycles. The smallest absolute Gasteiger partial charge is 0.309 e. The van der Waals surface area contributed by atoms with Crippen molar-refractivity contribution in [3.05, 3.63) is 23.1 Å². The number of rotatable bonds is 2. The molecule has 0 aliphatic heterocycles. The molecule has 0 heterocycles. The molecule has 0 amide bonds. The van der Waals surface area contributed by atoms with Crippen LogP contribution in [0.25, 0.3) is 0 Å². The predicted molar refractivity (Wildman–Crippen MR) is 58.7 cm³/mol. The van der Waals surface area contributed by atoms with Crippen LogP contribution in [-0.4, -0.2) is 32.7 Å². The van der Waals surface area contributed by atoms with Crippen LogP contribution in [0.2, 0.25) is 0 Å². The molecule has 1 rings (SSSR count). The van der Waals surface area contributed by atoms with Gasteiger partial charge in [-0.1, -0.05) is 6.08 Å². The van der Waals surface area contributed by atoms with Gasteiger partial charge in [-0.3, -0.25) is 0 Å². The highest BCUT2D eigenvalue weighted by atomic mass is 32.2. The van der Waals surface area contributed by atoms with Crippen LogP contribution in [0.3, 0.4) is 0 Å². The summed E-state index contributed by atoms with van der Waals surface area (Å²) in [4.78, 5) is -4.89. The third kappa shape index (κ3) is 2.81. The van der Waals surface area contributed by atoms with Crippen LogP contribution >= 0.6 is 0 Å². The first-order valence-corrected chi connectivity index (χ1v) is 7.82.